The third-order valence-corrected chi connectivity index (χ3v) is 4.39. The van der Waals surface area contributed by atoms with E-state index in [0.29, 0.717) is 20.3 Å². The summed E-state index contributed by atoms with van der Waals surface area (Å²) in [5, 5.41) is 0. The topological polar surface area (TPSA) is 36.9 Å². The molecule has 0 aliphatic heterocycles. The predicted octanol–water partition coefficient (Wildman–Crippen LogP) is 6.21. The van der Waals surface area contributed by atoms with Gasteiger partial charge in [-0.1, -0.05) is 12.7 Å². The Balaban J connectivity index is 4.24. The van der Waals surface area contributed by atoms with E-state index in [1.165, 1.54) is 0 Å². The number of hydrogen-bond donors (Lipinski definition) is 0. The van der Waals surface area contributed by atoms with Crippen molar-refractivity contribution in [3.63, 3.8) is 0 Å². The van der Waals surface area contributed by atoms with E-state index in [1.54, 1.807) is 0 Å². The molecule has 4 nitrogen and oxygen atoms in total. The maximum absolute atomic E-state index is 13.8. The highest BCUT2D eigenvalue weighted by atomic mass is 19.4. The number of hydrogen-bond acceptors (Lipinski definition) is 4. The molecule has 0 aliphatic rings. The molecule has 0 saturated carbocycles. The fourth-order valence-corrected chi connectivity index (χ4v) is 2.94. The van der Waals surface area contributed by atoms with Gasteiger partial charge in [0.15, 0.2) is 0 Å². The largest absolute Gasteiger partial charge is 0.430 e. The minimum Gasteiger partial charge on any atom is -0.359 e. The van der Waals surface area contributed by atoms with Crippen LogP contribution in [-0.4, -0.2) is 52.5 Å². The van der Waals surface area contributed by atoms with Crippen LogP contribution in [0.15, 0.2) is 24.8 Å². The van der Waals surface area contributed by atoms with E-state index >= 15 is 0 Å². The van der Waals surface area contributed by atoms with E-state index in [0.717, 1.165) is 0 Å². The van der Waals surface area contributed by atoms with Gasteiger partial charge in [-0.25, -0.2) is 0 Å². The molecule has 0 amide bonds. The molecule has 1 aromatic rings. The Morgan fingerprint density at radius 2 is 0.912 bits per heavy atom. The van der Waals surface area contributed by atoms with Gasteiger partial charge in [0.05, 0.1) is 0 Å². The molecule has 0 fully saturated rings. The molecule has 196 valence electrons. The molecule has 34 heavy (non-hydrogen) atoms. The normalized spacial score (nSPS) is 14.4. The number of rotatable bonds is 9. The fraction of sp³-hybridized carbons (Fsp3) is 0.556. The van der Waals surface area contributed by atoms with E-state index in [2.05, 4.69) is 25.5 Å². The molecule has 0 saturated heterocycles. The van der Waals surface area contributed by atoms with Gasteiger partial charge in [0.2, 0.25) is 0 Å². The standard InChI is InChI=1S/C18H16F12O4/c1-4-10-5-11(13(15(19,20)21,16(22,23)24)33-8-31-2)7-12(6-10)14(17(25,26)27,18(28,29)30)34-9-32-3/h4-7H,1,8-9H2,2-3H3. The lowest BCUT2D eigenvalue weighted by molar-refractivity contribution is -0.402. The van der Waals surface area contributed by atoms with Gasteiger partial charge >= 0.3 is 24.7 Å². The molecular formula is C18H16F12O4. The van der Waals surface area contributed by atoms with Gasteiger partial charge in [-0.2, -0.15) is 52.7 Å². The first-order valence-corrected chi connectivity index (χ1v) is 8.58. The molecule has 0 bridgehead atoms. The van der Waals surface area contributed by atoms with Crippen LogP contribution in [0.2, 0.25) is 0 Å². The molecule has 16 heteroatoms. The summed E-state index contributed by atoms with van der Waals surface area (Å²) in [7, 11) is 1.28. The summed E-state index contributed by atoms with van der Waals surface area (Å²) in [6.07, 6.45) is -25.3. The summed E-state index contributed by atoms with van der Waals surface area (Å²) < 4.78 is 181. The van der Waals surface area contributed by atoms with Crippen molar-refractivity contribution in [2.45, 2.75) is 35.9 Å². The third kappa shape index (κ3) is 5.13. The molecule has 0 unspecified atom stereocenters. The Bertz CT molecular complexity index is 749. The van der Waals surface area contributed by atoms with Gasteiger partial charge in [-0.15, -0.1) is 0 Å². The summed E-state index contributed by atoms with van der Waals surface area (Å²) in [5.41, 5.74) is -16.0. The minimum atomic E-state index is -6.42. The van der Waals surface area contributed by atoms with Gasteiger partial charge in [-0.3, -0.25) is 0 Å². The second-order valence-corrected chi connectivity index (χ2v) is 6.50. The molecule has 0 aliphatic carbocycles. The third-order valence-electron chi connectivity index (χ3n) is 4.39. The van der Waals surface area contributed by atoms with Crippen LogP contribution in [-0.2, 0) is 30.1 Å². The van der Waals surface area contributed by atoms with Crippen LogP contribution >= 0.6 is 0 Å². The quantitative estimate of drug-likeness (QED) is 0.285. The highest BCUT2D eigenvalue weighted by molar-refractivity contribution is 5.53. The first-order chi connectivity index (χ1) is 15.3. The summed E-state index contributed by atoms with van der Waals surface area (Å²) in [6.45, 7) is -0.374. The monoisotopic (exact) mass is 524 g/mol. The lowest BCUT2D eigenvalue weighted by Crippen LogP contribution is -2.58. The lowest BCUT2D eigenvalue weighted by atomic mass is 9.83. The zero-order valence-electron chi connectivity index (χ0n) is 17.1. The number of alkyl halides is 12. The van der Waals surface area contributed by atoms with Crippen molar-refractivity contribution in [1.29, 1.82) is 0 Å². The Kier molecular flexibility index (Phi) is 8.74. The maximum Gasteiger partial charge on any atom is 0.430 e. The zero-order valence-corrected chi connectivity index (χ0v) is 17.1. The van der Waals surface area contributed by atoms with E-state index < -0.39 is 72.2 Å². The van der Waals surface area contributed by atoms with Crippen molar-refractivity contribution >= 4 is 6.08 Å². The van der Waals surface area contributed by atoms with Crippen LogP contribution in [0.4, 0.5) is 52.7 Å². The SMILES string of the molecule is C=Cc1cc(C(OCOC)(C(F)(F)F)C(F)(F)F)cc(C(OCOC)(C(F)(F)F)C(F)(F)F)c1. The van der Waals surface area contributed by atoms with Crippen LogP contribution in [0, 0.1) is 0 Å². The Hall–Kier alpha value is -2.04. The number of benzene rings is 1. The number of halogens is 12. The van der Waals surface area contributed by atoms with Crippen LogP contribution in [0.5, 0.6) is 0 Å². The van der Waals surface area contributed by atoms with Gasteiger partial charge in [0.1, 0.15) is 13.6 Å². The maximum atomic E-state index is 13.8. The molecular weight excluding hydrogens is 508 g/mol. The van der Waals surface area contributed by atoms with E-state index in [9.17, 15) is 52.7 Å². The molecule has 0 N–H and O–H groups in total. The molecule has 1 rings (SSSR count). The van der Waals surface area contributed by atoms with E-state index in [1.807, 2.05) is 0 Å². The van der Waals surface area contributed by atoms with Crippen LogP contribution < -0.4 is 0 Å². The Labute approximate surface area is 184 Å². The average Bonchev–Trinajstić information content (AvgIpc) is 2.64. The smallest absolute Gasteiger partial charge is 0.359 e. The van der Waals surface area contributed by atoms with Crippen LogP contribution in [0.3, 0.4) is 0 Å². The lowest BCUT2D eigenvalue weighted by Gasteiger charge is -2.40. The van der Waals surface area contributed by atoms with Gasteiger partial charge in [-0.05, 0) is 23.8 Å². The van der Waals surface area contributed by atoms with Gasteiger partial charge in [0.25, 0.3) is 11.2 Å². The highest BCUT2D eigenvalue weighted by Gasteiger charge is 2.76. The van der Waals surface area contributed by atoms with Crippen molar-refractivity contribution in [1.82, 2.24) is 0 Å². The molecule has 0 heterocycles. The van der Waals surface area contributed by atoms with Crippen molar-refractivity contribution in [2.75, 3.05) is 27.8 Å². The second kappa shape index (κ2) is 9.91. The summed E-state index contributed by atoms with van der Waals surface area (Å²) in [4.78, 5) is 0. The van der Waals surface area contributed by atoms with E-state index in [4.69, 9.17) is 0 Å². The van der Waals surface area contributed by atoms with Gasteiger partial charge in [0, 0.05) is 25.3 Å². The van der Waals surface area contributed by atoms with Crippen molar-refractivity contribution in [2.24, 2.45) is 0 Å². The fourth-order valence-electron chi connectivity index (χ4n) is 2.94. The Morgan fingerprint density at radius 1 is 0.618 bits per heavy atom. The predicted molar refractivity (Wildman–Crippen MR) is 90.0 cm³/mol. The number of ether oxygens (including phenoxy) is 4. The molecule has 0 atom stereocenters. The second-order valence-electron chi connectivity index (χ2n) is 6.50. The molecule has 0 spiro atoms. The minimum absolute atomic E-state index is 0.0287. The van der Waals surface area contributed by atoms with Crippen molar-refractivity contribution < 1.29 is 71.6 Å². The summed E-state index contributed by atoms with van der Waals surface area (Å²) in [6, 6.07) is -0.539. The van der Waals surface area contributed by atoms with Crippen LogP contribution in [0.25, 0.3) is 6.08 Å². The Morgan fingerprint density at radius 3 is 1.12 bits per heavy atom. The average molecular weight is 524 g/mol. The first-order valence-electron chi connectivity index (χ1n) is 8.58. The van der Waals surface area contributed by atoms with Crippen molar-refractivity contribution in [3.05, 3.63) is 41.5 Å². The molecule has 0 aromatic heterocycles. The summed E-state index contributed by atoms with van der Waals surface area (Å²) >= 11 is 0. The number of methoxy groups -OCH3 is 2. The zero-order chi connectivity index (χ0) is 26.8. The van der Waals surface area contributed by atoms with Crippen molar-refractivity contribution in [3.8, 4) is 0 Å². The molecule has 0 radical (unpaired) electrons. The summed E-state index contributed by atoms with van der Waals surface area (Å²) in [5.74, 6) is 0. The first kappa shape index (κ1) is 30.0. The van der Waals surface area contributed by atoms with Gasteiger partial charge < -0.3 is 18.9 Å². The highest BCUT2D eigenvalue weighted by Crippen LogP contribution is 2.57. The van der Waals surface area contributed by atoms with E-state index in [-0.39, 0.29) is 12.1 Å². The van der Waals surface area contributed by atoms with Crippen LogP contribution in [0.1, 0.15) is 16.7 Å². The molecule has 1 aromatic carbocycles.